The van der Waals surface area contributed by atoms with Crippen LogP contribution in [0.4, 0.5) is 4.79 Å². The second-order valence-corrected chi connectivity index (χ2v) is 8.04. The Labute approximate surface area is 163 Å². The molecule has 6 heteroatoms. The molecule has 2 aliphatic rings. The van der Waals surface area contributed by atoms with Crippen LogP contribution >= 0.6 is 0 Å². The highest BCUT2D eigenvalue weighted by atomic mass is 16.2. The predicted molar refractivity (Wildman–Crippen MR) is 109 cm³/mol. The van der Waals surface area contributed by atoms with Crippen molar-refractivity contribution in [2.24, 2.45) is 0 Å². The van der Waals surface area contributed by atoms with Gasteiger partial charge in [0.1, 0.15) is 0 Å². The number of hydrogen-bond donors (Lipinski definition) is 1. The molecule has 0 spiro atoms. The van der Waals surface area contributed by atoms with Crippen molar-refractivity contribution in [2.75, 3.05) is 39.8 Å². The average Bonchev–Trinajstić information content (AvgIpc) is 2.70. The van der Waals surface area contributed by atoms with E-state index in [1.165, 1.54) is 25.9 Å². The summed E-state index contributed by atoms with van der Waals surface area (Å²) >= 11 is 0. The Balaban J connectivity index is 1.48. The summed E-state index contributed by atoms with van der Waals surface area (Å²) in [5.74, 6) is 0. The van der Waals surface area contributed by atoms with Crippen molar-refractivity contribution in [1.29, 1.82) is 0 Å². The second kappa shape index (κ2) is 9.51. The van der Waals surface area contributed by atoms with Gasteiger partial charge in [-0.05, 0) is 71.3 Å². The fourth-order valence-electron chi connectivity index (χ4n) is 4.42. The molecule has 150 valence electrons. The quantitative estimate of drug-likeness (QED) is 0.862. The first-order valence-corrected chi connectivity index (χ1v) is 10.5. The summed E-state index contributed by atoms with van der Waals surface area (Å²) in [6, 6.07) is 5.06. The minimum absolute atomic E-state index is 0.0306. The van der Waals surface area contributed by atoms with Gasteiger partial charge in [0.25, 0.3) is 0 Å². The van der Waals surface area contributed by atoms with E-state index in [4.69, 9.17) is 0 Å². The van der Waals surface area contributed by atoms with Crippen LogP contribution in [0.3, 0.4) is 0 Å². The maximum atomic E-state index is 12.9. The van der Waals surface area contributed by atoms with E-state index in [1.807, 2.05) is 30.2 Å². The molecule has 0 aromatic carbocycles. The van der Waals surface area contributed by atoms with Crippen LogP contribution in [-0.2, 0) is 0 Å². The maximum absolute atomic E-state index is 12.9. The zero-order chi connectivity index (χ0) is 19.2. The van der Waals surface area contributed by atoms with Gasteiger partial charge in [-0.25, -0.2) is 4.79 Å². The van der Waals surface area contributed by atoms with Crippen LogP contribution in [0.15, 0.2) is 24.5 Å². The molecule has 0 bridgehead atoms. The van der Waals surface area contributed by atoms with Crippen molar-refractivity contribution < 1.29 is 4.79 Å². The Hall–Kier alpha value is -1.66. The van der Waals surface area contributed by atoms with Crippen molar-refractivity contribution >= 4 is 6.03 Å². The molecule has 1 N–H and O–H groups in total. The van der Waals surface area contributed by atoms with Crippen LogP contribution < -0.4 is 5.32 Å². The number of carbonyl (C=O) groups excluding carboxylic acids is 1. The van der Waals surface area contributed by atoms with Gasteiger partial charge in [0.2, 0.25) is 0 Å². The van der Waals surface area contributed by atoms with Crippen LogP contribution in [0.2, 0.25) is 0 Å². The van der Waals surface area contributed by atoms with E-state index in [2.05, 4.69) is 34.1 Å². The second-order valence-electron chi connectivity index (χ2n) is 8.04. The molecule has 0 saturated carbocycles. The van der Waals surface area contributed by atoms with Crippen LogP contribution in [0, 0.1) is 0 Å². The van der Waals surface area contributed by atoms with E-state index in [0.717, 1.165) is 37.5 Å². The van der Waals surface area contributed by atoms with E-state index in [0.29, 0.717) is 6.54 Å². The molecule has 1 atom stereocenters. The minimum atomic E-state index is 0.0306. The van der Waals surface area contributed by atoms with Crippen LogP contribution in [0.25, 0.3) is 0 Å². The summed E-state index contributed by atoms with van der Waals surface area (Å²) in [5, 5.41) is 3.28. The first-order chi connectivity index (χ1) is 13.1. The van der Waals surface area contributed by atoms with Gasteiger partial charge in [-0.1, -0.05) is 6.07 Å². The Morgan fingerprint density at radius 1 is 1.26 bits per heavy atom. The lowest BCUT2D eigenvalue weighted by atomic mass is 9.98. The molecule has 2 fully saturated rings. The normalized spacial score (nSPS) is 21.7. The minimum Gasteiger partial charge on any atom is -0.335 e. The molecule has 2 saturated heterocycles. The Bertz CT molecular complexity index is 579. The lowest BCUT2D eigenvalue weighted by molar-refractivity contribution is 0.0914. The number of piperidine rings is 2. The molecule has 1 aromatic rings. The first-order valence-electron chi connectivity index (χ1n) is 10.5. The molecule has 1 aromatic heterocycles. The summed E-state index contributed by atoms with van der Waals surface area (Å²) in [6.07, 6.45) is 8.28. The standard InChI is InChI=1S/C21H35N5O/c1-4-26(17(2)18-6-5-11-22-16-18)21(27)23-19-7-14-25(15-8-19)20-9-12-24(3)13-10-20/h5-6,11,16-17,19-20H,4,7-10,12-15H2,1-3H3,(H,23,27)/t17-/m0/s1. The third kappa shape index (κ3) is 5.20. The van der Waals surface area contributed by atoms with Gasteiger partial charge in [0, 0.05) is 44.1 Å². The van der Waals surface area contributed by atoms with Gasteiger partial charge in [0.05, 0.1) is 6.04 Å². The Morgan fingerprint density at radius 2 is 1.96 bits per heavy atom. The molecule has 3 rings (SSSR count). The topological polar surface area (TPSA) is 51.7 Å². The summed E-state index contributed by atoms with van der Waals surface area (Å²) in [7, 11) is 2.21. The lowest BCUT2D eigenvalue weighted by Gasteiger charge is -2.41. The van der Waals surface area contributed by atoms with Gasteiger partial charge in [-0.2, -0.15) is 0 Å². The molecular weight excluding hydrogens is 338 g/mol. The summed E-state index contributed by atoms with van der Waals surface area (Å²) < 4.78 is 0. The largest absolute Gasteiger partial charge is 0.335 e. The number of aromatic nitrogens is 1. The Morgan fingerprint density at radius 3 is 2.56 bits per heavy atom. The SMILES string of the molecule is CCN(C(=O)NC1CCN(C2CCN(C)CC2)CC1)[C@@H](C)c1cccnc1. The number of likely N-dealkylation sites (tertiary alicyclic amines) is 2. The van der Waals surface area contributed by atoms with Crippen LogP contribution in [0.5, 0.6) is 0 Å². The summed E-state index contributed by atoms with van der Waals surface area (Å²) in [6.45, 7) is 9.42. The highest BCUT2D eigenvalue weighted by Crippen LogP contribution is 2.22. The van der Waals surface area contributed by atoms with Crippen molar-refractivity contribution in [3.8, 4) is 0 Å². The number of rotatable bonds is 5. The van der Waals surface area contributed by atoms with E-state index < -0.39 is 0 Å². The smallest absolute Gasteiger partial charge is 0.318 e. The third-order valence-corrected chi connectivity index (χ3v) is 6.30. The monoisotopic (exact) mass is 373 g/mol. The summed E-state index contributed by atoms with van der Waals surface area (Å²) in [5.41, 5.74) is 1.08. The highest BCUT2D eigenvalue weighted by Gasteiger charge is 2.29. The lowest BCUT2D eigenvalue weighted by Crippen LogP contribution is -2.52. The van der Waals surface area contributed by atoms with Crippen LogP contribution in [-0.4, -0.2) is 77.6 Å². The number of hydrogen-bond acceptors (Lipinski definition) is 4. The zero-order valence-corrected chi connectivity index (χ0v) is 17.1. The van der Waals surface area contributed by atoms with Crippen molar-refractivity contribution in [3.63, 3.8) is 0 Å². The first kappa shape index (κ1) is 20.1. The molecular formula is C21H35N5O. The van der Waals surface area contributed by atoms with Crippen molar-refractivity contribution in [3.05, 3.63) is 30.1 Å². The third-order valence-electron chi connectivity index (χ3n) is 6.30. The van der Waals surface area contributed by atoms with Crippen molar-refractivity contribution in [1.82, 2.24) is 25.0 Å². The Kier molecular flexibility index (Phi) is 7.07. The molecule has 27 heavy (non-hydrogen) atoms. The molecule has 0 radical (unpaired) electrons. The van der Waals surface area contributed by atoms with Gasteiger partial charge in [0.15, 0.2) is 0 Å². The van der Waals surface area contributed by atoms with E-state index >= 15 is 0 Å². The number of nitrogens with one attached hydrogen (secondary N) is 1. The van der Waals surface area contributed by atoms with E-state index in [9.17, 15) is 4.79 Å². The van der Waals surface area contributed by atoms with Gasteiger partial charge < -0.3 is 20.0 Å². The molecule has 6 nitrogen and oxygen atoms in total. The molecule has 3 heterocycles. The average molecular weight is 374 g/mol. The van der Waals surface area contributed by atoms with Gasteiger partial charge in [-0.15, -0.1) is 0 Å². The molecule has 2 aliphatic heterocycles. The molecule has 0 aliphatic carbocycles. The van der Waals surface area contributed by atoms with Gasteiger partial charge in [-0.3, -0.25) is 4.98 Å². The fraction of sp³-hybridized carbons (Fsp3) is 0.714. The fourth-order valence-corrected chi connectivity index (χ4v) is 4.42. The zero-order valence-electron chi connectivity index (χ0n) is 17.1. The number of nitrogens with zero attached hydrogens (tertiary/aromatic N) is 4. The van der Waals surface area contributed by atoms with Gasteiger partial charge >= 0.3 is 6.03 Å². The number of urea groups is 1. The maximum Gasteiger partial charge on any atom is 0.318 e. The predicted octanol–water partition coefficient (Wildman–Crippen LogP) is 2.73. The van der Waals surface area contributed by atoms with E-state index in [1.54, 1.807) is 6.20 Å². The van der Waals surface area contributed by atoms with Crippen LogP contribution in [0.1, 0.15) is 51.1 Å². The number of amides is 2. The molecule has 2 amide bonds. The summed E-state index contributed by atoms with van der Waals surface area (Å²) in [4.78, 5) is 24.0. The van der Waals surface area contributed by atoms with Crippen molar-refractivity contribution in [2.45, 2.75) is 57.7 Å². The number of pyridine rings is 1. The number of carbonyl (C=O) groups is 1. The molecule has 0 unspecified atom stereocenters. The van der Waals surface area contributed by atoms with E-state index in [-0.39, 0.29) is 18.1 Å². The highest BCUT2D eigenvalue weighted by molar-refractivity contribution is 5.75.